The molecule has 0 bridgehead atoms. The number of piperazine rings is 1. The molecule has 0 aromatic heterocycles. The molecule has 1 aromatic carbocycles. The topological polar surface area (TPSA) is 49.9 Å². The molecule has 1 aliphatic heterocycles. The number of sulfonamides is 1. The first-order chi connectivity index (χ1) is 11.4. The third-order valence-electron chi connectivity index (χ3n) is 5.42. The number of methoxy groups -OCH3 is 1. The van der Waals surface area contributed by atoms with E-state index in [0.717, 1.165) is 30.0 Å². The highest BCUT2D eigenvalue weighted by Crippen LogP contribution is 2.29. The summed E-state index contributed by atoms with van der Waals surface area (Å²) in [6.45, 7) is 6.59. The second-order valence-corrected chi connectivity index (χ2v) is 8.87. The molecule has 0 amide bonds. The molecule has 2 fully saturated rings. The zero-order valence-corrected chi connectivity index (χ0v) is 15.7. The third-order valence-corrected chi connectivity index (χ3v) is 7.47. The van der Waals surface area contributed by atoms with Crippen LogP contribution < -0.4 is 4.74 Å². The second-order valence-electron chi connectivity index (χ2n) is 6.97. The number of hydrogen-bond donors (Lipinski definition) is 0. The number of aryl methyl sites for hydroxylation is 2. The van der Waals surface area contributed by atoms with E-state index in [1.807, 2.05) is 19.9 Å². The number of ether oxygens (including phenoxy) is 1. The van der Waals surface area contributed by atoms with E-state index in [4.69, 9.17) is 4.74 Å². The quantitative estimate of drug-likeness (QED) is 0.836. The first kappa shape index (κ1) is 17.7. The maximum absolute atomic E-state index is 13.1. The molecule has 5 nitrogen and oxygen atoms in total. The first-order valence-corrected chi connectivity index (χ1v) is 10.3. The van der Waals surface area contributed by atoms with Crippen molar-refractivity contribution in [2.75, 3.05) is 33.3 Å². The zero-order chi connectivity index (χ0) is 17.3. The van der Waals surface area contributed by atoms with Gasteiger partial charge in [-0.05, 0) is 49.9 Å². The maximum atomic E-state index is 13.1. The van der Waals surface area contributed by atoms with Gasteiger partial charge in [0.25, 0.3) is 0 Å². The molecule has 134 valence electrons. The highest BCUT2D eigenvalue weighted by molar-refractivity contribution is 7.89. The zero-order valence-electron chi connectivity index (χ0n) is 14.9. The summed E-state index contributed by atoms with van der Waals surface area (Å²) in [5, 5.41) is 0. The van der Waals surface area contributed by atoms with E-state index >= 15 is 0 Å². The summed E-state index contributed by atoms with van der Waals surface area (Å²) >= 11 is 0. The molecule has 0 atom stereocenters. The molecule has 6 heteroatoms. The fraction of sp³-hybridized carbons (Fsp3) is 0.667. The van der Waals surface area contributed by atoms with Gasteiger partial charge in [-0.3, -0.25) is 4.90 Å². The van der Waals surface area contributed by atoms with Crippen LogP contribution in [-0.2, 0) is 10.0 Å². The molecule has 1 saturated heterocycles. The standard InChI is InChI=1S/C18H28N2O3S/c1-14-13-18(15(2)12-17(14)23-3)24(21,22)20-10-8-19(9-11-20)16-6-4-5-7-16/h12-13,16H,4-11H2,1-3H3. The summed E-state index contributed by atoms with van der Waals surface area (Å²) in [6, 6.07) is 4.23. The minimum absolute atomic E-state index is 0.412. The summed E-state index contributed by atoms with van der Waals surface area (Å²) in [7, 11) is -1.83. The number of hydrogen-bond acceptors (Lipinski definition) is 4. The van der Waals surface area contributed by atoms with Crippen LogP contribution >= 0.6 is 0 Å². The predicted octanol–water partition coefficient (Wildman–Crippen LogP) is 2.56. The van der Waals surface area contributed by atoms with E-state index in [1.54, 1.807) is 17.5 Å². The highest BCUT2D eigenvalue weighted by Gasteiger charge is 2.32. The van der Waals surface area contributed by atoms with Gasteiger partial charge in [0, 0.05) is 32.2 Å². The van der Waals surface area contributed by atoms with E-state index in [1.165, 1.54) is 25.7 Å². The maximum Gasteiger partial charge on any atom is 0.243 e. The third kappa shape index (κ3) is 3.32. The van der Waals surface area contributed by atoms with Crippen molar-refractivity contribution in [2.45, 2.75) is 50.5 Å². The lowest BCUT2D eigenvalue weighted by Crippen LogP contribution is -2.51. The van der Waals surface area contributed by atoms with Crippen molar-refractivity contribution >= 4 is 10.0 Å². The van der Waals surface area contributed by atoms with Gasteiger partial charge in [0.1, 0.15) is 5.75 Å². The van der Waals surface area contributed by atoms with E-state index in [0.29, 0.717) is 24.0 Å². The van der Waals surface area contributed by atoms with Crippen molar-refractivity contribution < 1.29 is 13.2 Å². The summed E-state index contributed by atoms with van der Waals surface area (Å²) in [4.78, 5) is 2.89. The van der Waals surface area contributed by atoms with Crippen LogP contribution in [0, 0.1) is 13.8 Å². The molecule has 0 unspecified atom stereocenters. The Morgan fingerprint density at radius 2 is 1.62 bits per heavy atom. The van der Waals surface area contributed by atoms with Gasteiger partial charge in [-0.2, -0.15) is 4.31 Å². The minimum Gasteiger partial charge on any atom is -0.496 e. The van der Waals surface area contributed by atoms with E-state index in [2.05, 4.69) is 4.90 Å². The molecular weight excluding hydrogens is 324 g/mol. The smallest absolute Gasteiger partial charge is 0.243 e. The number of nitrogens with zero attached hydrogens (tertiary/aromatic N) is 2. The van der Waals surface area contributed by atoms with Crippen molar-refractivity contribution in [3.63, 3.8) is 0 Å². The van der Waals surface area contributed by atoms with Gasteiger partial charge in [0.05, 0.1) is 12.0 Å². The van der Waals surface area contributed by atoms with E-state index < -0.39 is 10.0 Å². The molecule has 24 heavy (non-hydrogen) atoms. The Kier molecular flexibility index (Phi) is 5.18. The molecule has 0 spiro atoms. The lowest BCUT2D eigenvalue weighted by Gasteiger charge is -2.37. The normalized spacial score (nSPS) is 21.3. The molecule has 0 N–H and O–H groups in total. The van der Waals surface area contributed by atoms with Crippen molar-refractivity contribution in [1.82, 2.24) is 9.21 Å². The number of benzene rings is 1. The highest BCUT2D eigenvalue weighted by atomic mass is 32.2. The molecule has 1 heterocycles. The first-order valence-electron chi connectivity index (χ1n) is 8.83. The Morgan fingerprint density at radius 3 is 2.21 bits per heavy atom. The van der Waals surface area contributed by atoms with Crippen LogP contribution in [0.25, 0.3) is 0 Å². The van der Waals surface area contributed by atoms with Crippen molar-refractivity contribution in [2.24, 2.45) is 0 Å². The molecule has 1 aliphatic carbocycles. The van der Waals surface area contributed by atoms with Crippen LogP contribution in [0.2, 0.25) is 0 Å². The Labute approximate surface area is 145 Å². The Hall–Kier alpha value is -1.11. The average molecular weight is 353 g/mol. The van der Waals surface area contributed by atoms with Gasteiger partial charge in [-0.25, -0.2) is 8.42 Å². The SMILES string of the molecule is COc1cc(C)c(S(=O)(=O)N2CCN(C3CCCC3)CC2)cc1C. The number of rotatable bonds is 4. The summed E-state index contributed by atoms with van der Waals surface area (Å²) in [5.41, 5.74) is 1.60. The van der Waals surface area contributed by atoms with Gasteiger partial charge in [0.2, 0.25) is 10.0 Å². The predicted molar refractivity (Wildman–Crippen MR) is 95.1 cm³/mol. The summed E-state index contributed by atoms with van der Waals surface area (Å²) in [5.74, 6) is 0.734. The minimum atomic E-state index is -3.44. The molecule has 1 saturated carbocycles. The summed E-state index contributed by atoms with van der Waals surface area (Å²) in [6.07, 6.45) is 5.16. The van der Waals surface area contributed by atoms with Crippen molar-refractivity contribution in [1.29, 1.82) is 0 Å². The van der Waals surface area contributed by atoms with Crippen LogP contribution in [0.1, 0.15) is 36.8 Å². The molecular formula is C18H28N2O3S. The lowest BCUT2D eigenvalue weighted by molar-refractivity contribution is 0.139. The molecule has 0 radical (unpaired) electrons. The lowest BCUT2D eigenvalue weighted by atomic mass is 10.1. The van der Waals surface area contributed by atoms with Crippen molar-refractivity contribution in [3.05, 3.63) is 23.3 Å². The molecule has 1 aromatic rings. The molecule has 2 aliphatic rings. The van der Waals surface area contributed by atoms with Gasteiger partial charge >= 0.3 is 0 Å². The largest absolute Gasteiger partial charge is 0.496 e. The second kappa shape index (κ2) is 7.02. The fourth-order valence-electron chi connectivity index (χ4n) is 3.98. The van der Waals surface area contributed by atoms with E-state index in [-0.39, 0.29) is 0 Å². The Bertz CT molecular complexity index is 688. The van der Waals surface area contributed by atoms with Crippen LogP contribution in [0.4, 0.5) is 0 Å². The van der Waals surface area contributed by atoms with Gasteiger partial charge in [0.15, 0.2) is 0 Å². The monoisotopic (exact) mass is 352 g/mol. The van der Waals surface area contributed by atoms with Crippen LogP contribution in [0.3, 0.4) is 0 Å². The average Bonchev–Trinajstić information content (AvgIpc) is 3.11. The van der Waals surface area contributed by atoms with Crippen LogP contribution in [0.15, 0.2) is 17.0 Å². The summed E-state index contributed by atoms with van der Waals surface area (Å²) < 4.78 is 33.0. The van der Waals surface area contributed by atoms with Gasteiger partial charge in [-0.1, -0.05) is 12.8 Å². The van der Waals surface area contributed by atoms with E-state index in [9.17, 15) is 8.42 Å². The molecule has 3 rings (SSSR count). The van der Waals surface area contributed by atoms with Crippen LogP contribution in [-0.4, -0.2) is 57.0 Å². The Morgan fingerprint density at radius 1 is 1.00 bits per heavy atom. The van der Waals surface area contributed by atoms with Crippen LogP contribution in [0.5, 0.6) is 5.75 Å². The van der Waals surface area contributed by atoms with Gasteiger partial charge in [-0.15, -0.1) is 0 Å². The Balaban J connectivity index is 1.76. The fourth-order valence-corrected chi connectivity index (χ4v) is 5.69. The van der Waals surface area contributed by atoms with Gasteiger partial charge < -0.3 is 4.74 Å². The van der Waals surface area contributed by atoms with Crippen molar-refractivity contribution in [3.8, 4) is 5.75 Å².